The summed E-state index contributed by atoms with van der Waals surface area (Å²) in [5.74, 6) is -0.558. The number of aromatic nitrogens is 1. The molecule has 0 saturated carbocycles. The number of carboxylic acid groups (broad SMARTS) is 1. The van der Waals surface area contributed by atoms with Crippen molar-refractivity contribution in [2.75, 3.05) is 0 Å². The van der Waals surface area contributed by atoms with E-state index in [-0.39, 0.29) is 5.69 Å². The van der Waals surface area contributed by atoms with Crippen LogP contribution in [0.4, 0.5) is 0 Å². The van der Waals surface area contributed by atoms with Gasteiger partial charge in [-0.1, -0.05) is 18.2 Å². The van der Waals surface area contributed by atoms with E-state index in [0.717, 1.165) is 5.39 Å². The SMILES string of the molecule is O=C(O)c1nc2ccccc2cc1-c1ccco1. The van der Waals surface area contributed by atoms with E-state index in [9.17, 15) is 9.90 Å². The third-order valence-electron chi connectivity index (χ3n) is 2.71. The molecule has 0 fully saturated rings. The van der Waals surface area contributed by atoms with Gasteiger partial charge in [-0.15, -0.1) is 0 Å². The van der Waals surface area contributed by atoms with E-state index in [0.29, 0.717) is 16.8 Å². The number of furan rings is 1. The van der Waals surface area contributed by atoms with E-state index in [1.54, 1.807) is 24.3 Å². The molecule has 2 heterocycles. The summed E-state index contributed by atoms with van der Waals surface area (Å²) in [6, 6.07) is 12.6. The summed E-state index contributed by atoms with van der Waals surface area (Å²) >= 11 is 0. The quantitative estimate of drug-likeness (QED) is 0.745. The van der Waals surface area contributed by atoms with Gasteiger partial charge in [0, 0.05) is 5.39 Å². The van der Waals surface area contributed by atoms with Gasteiger partial charge in [-0.25, -0.2) is 9.78 Å². The van der Waals surface area contributed by atoms with E-state index in [2.05, 4.69) is 4.98 Å². The molecule has 0 aliphatic heterocycles. The van der Waals surface area contributed by atoms with Crippen LogP contribution in [0.15, 0.2) is 53.1 Å². The Balaban J connectivity index is 2.34. The van der Waals surface area contributed by atoms with Crippen LogP contribution < -0.4 is 0 Å². The first-order valence-electron chi connectivity index (χ1n) is 5.42. The summed E-state index contributed by atoms with van der Waals surface area (Å²) in [7, 11) is 0. The number of aromatic carboxylic acids is 1. The molecule has 0 radical (unpaired) electrons. The van der Waals surface area contributed by atoms with Gasteiger partial charge in [0.25, 0.3) is 0 Å². The summed E-state index contributed by atoms with van der Waals surface area (Å²) in [6.45, 7) is 0. The van der Waals surface area contributed by atoms with Gasteiger partial charge in [0.05, 0.1) is 17.3 Å². The van der Waals surface area contributed by atoms with Crippen molar-refractivity contribution in [3.8, 4) is 11.3 Å². The zero-order valence-corrected chi connectivity index (χ0v) is 9.33. The van der Waals surface area contributed by atoms with Crippen LogP contribution in [0.3, 0.4) is 0 Å². The maximum atomic E-state index is 11.3. The number of hydrogen-bond acceptors (Lipinski definition) is 3. The van der Waals surface area contributed by atoms with Crippen molar-refractivity contribution in [2.45, 2.75) is 0 Å². The fraction of sp³-hybridized carbons (Fsp3) is 0. The van der Waals surface area contributed by atoms with E-state index < -0.39 is 5.97 Å². The van der Waals surface area contributed by atoms with Crippen LogP contribution in [0.2, 0.25) is 0 Å². The minimum atomic E-state index is -1.06. The lowest BCUT2D eigenvalue weighted by Gasteiger charge is -2.05. The third kappa shape index (κ3) is 1.64. The Morgan fingerprint density at radius 2 is 2.00 bits per heavy atom. The fourth-order valence-electron chi connectivity index (χ4n) is 1.90. The number of hydrogen-bond donors (Lipinski definition) is 1. The zero-order valence-electron chi connectivity index (χ0n) is 9.33. The molecule has 1 aromatic carbocycles. The molecule has 0 bridgehead atoms. The van der Waals surface area contributed by atoms with Crippen LogP contribution >= 0.6 is 0 Å². The second kappa shape index (κ2) is 4.00. The van der Waals surface area contributed by atoms with Crippen LogP contribution in [-0.2, 0) is 0 Å². The van der Waals surface area contributed by atoms with Crippen LogP contribution in [0, 0.1) is 0 Å². The molecule has 0 saturated heterocycles. The summed E-state index contributed by atoms with van der Waals surface area (Å²) < 4.78 is 5.26. The Bertz CT molecular complexity index is 717. The maximum Gasteiger partial charge on any atom is 0.355 e. The first kappa shape index (κ1) is 10.5. The second-order valence-electron chi connectivity index (χ2n) is 3.86. The highest BCUT2D eigenvalue weighted by Crippen LogP contribution is 2.26. The molecule has 1 N–H and O–H groups in total. The van der Waals surface area contributed by atoms with Crippen molar-refractivity contribution < 1.29 is 14.3 Å². The van der Waals surface area contributed by atoms with Gasteiger partial charge in [-0.3, -0.25) is 0 Å². The number of pyridine rings is 1. The lowest BCUT2D eigenvalue weighted by molar-refractivity contribution is 0.0691. The minimum absolute atomic E-state index is 0.00338. The van der Waals surface area contributed by atoms with Gasteiger partial charge in [0.15, 0.2) is 5.69 Å². The largest absolute Gasteiger partial charge is 0.476 e. The fourth-order valence-corrected chi connectivity index (χ4v) is 1.90. The van der Waals surface area contributed by atoms with Crippen LogP contribution in [-0.4, -0.2) is 16.1 Å². The Kier molecular flexibility index (Phi) is 2.34. The van der Waals surface area contributed by atoms with E-state index in [1.807, 2.05) is 18.2 Å². The van der Waals surface area contributed by atoms with Crippen LogP contribution in [0.1, 0.15) is 10.5 Å². The average molecular weight is 239 g/mol. The summed E-state index contributed by atoms with van der Waals surface area (Å²) in [6.07, 6.45) is 1.51. The smallest absolute Gasteiger partial charge is 0.355 e. The highest BCUT2D eigenvalue weighted by Gasteiger charge is 2.16. The van der Waals surface area contributed by atoms with Gasteiger partial charge in [0.2, 0.25) is 0 Å². The molecular weight excluding hydrogens is 230 g/mol. The van der Waals surface area contributed by atoms with Crippen LogP contribution in [0.25, 0.3) is 22.2 Å². The molecule has 2 aromatic heterocycles. The van der Waals surface area contributed by atoms with E-state index in [4.69, 9.17) is 4.42 Å². The highest BCUT2D eigenvalue weighted by atomic mass is 16.4. The van der Waals surface area contributed by atoms with Gasteiger partial charge in [-0.05, 0) is 24.3 Å². The molecule has 0 atom stereocenters. The number of carboxylic acids is 1. The van der Waals surface area contributed by atoms with Gasteiger partial charge < -0.3 is 9.52 Å². The Morgan fingerprint density at radius 1 is 1.17 bits per heavy atom. The minimum Gasteiger partial charge on any atom is -0.476 e. The molecule has 0 spiro atoms. The summed E-state index contributed by atoms with van der Waals surface area (Å²) in [5, 5.41) is 10.1. The highest BCUT2D eigenvalue weighted by molar-refractivity contribution is 5.97. The van der Waals surface area contributed by atoms with Crippen molar-refractivity contribution >= 4 is 16.9 Å². The first-order chi connectivity index (χ1) is 8.75. The average Bonchev–Trinajstić information content (AvgIpc) is 2.91. The maximum absolute atomic E-state index is 11.3. The van der Waals surface area contributed by atoms with Crippen molar-refractivity contribution in [1.29, 1.82) is 0 Å². The van der Waals surface area contributed by atoms with Crippen molar-refractivity contribution in [3.05, 3.63) is 54.4 Å². The molecule has 3 aromatic rings. The predicted octanol–water partition coefficient (Wildman–Crippen LogP) is 3.19. The monoisotopic (exact) mass is 239 g/mol. The number of benzene rings is 1. The number of nitrogens with zero attached hydrogens (tertiary/aromatic N) is 1. The van der Waals surface area contributed by atoms with E-state index >= 15 is 0 Å². The molecule has 3 rings (SSSR count). The Hall–Kier alpha value is -2.62. The normalized spacial score (nSPS) is 10.7. The second-order valence-corrected chi connectivity index (χ2v) is 3.86. The number of fused-ring (bicyclic) bond motifs is 1. The molecule has 0 aliphatic rings. The standard InChI is InChI=1S/C14H9NO3/c16-14(17)13-10(12-6-3-7-18-12)8-9-4-1-2-5-11(9)15-13/h1-8H,(H,16,17). The lowest BCUT2D eigenvalue weighted by Crippen LogP contribution is -2.03. The molecule has 4 nitrogen and oxygen atoms in total. The third-order valence-corrected chi connectivity index (χ3v) is 2.71. The summed E-state index contributed by atoms with van der Waals surface area (Å²) in [4.78, 5) is 15.4. The predicted molar refractivity (Wildman–Crippen MR) is 66.4 cm³/mol. The zero-order chi connectivity index (χ0) is 12.5. The number of rotatable bonds is 2. The Labute approximate surface area is 103 Å². The molecule has 4 heteroatoms. The first-order valence-corrected chi connectivity index (χ1v) is 5.42. The molecule has 0 unspecified atom stereocenters. The molecular formula is C14H9NO3. The van der Waals surface area contributed by atoms with Crippen LogP contribution in [0.5, 0.6) is 0 Å². The molecule has 0 aliphatic carbocycles. The van der Waals surface area contributed by atoms with Gasteiger partial charge in [-0.2, -0.15) is 0 Å². The Morgan fingerprint density at radius 3 is 2.72 bits per heavy atom. The van der Waals surface area contributed by atoms with Crippen molar-refractivity contribution in [3.63, 3.8) is 0 Å². The molecule has 0 amide bonds. The topological polar surface area (TPSA) is 63.3 Å². The van der Waals surface area contributed by atoms with Gasteiger partial charge >= 0.3 is 5.97 Å². The van der Waals surface area contributed by atoms with Crippen molar-refractivity contribution in [2.24, 2.45) is 0 Å². The number of carbonyl (C=O) groups is 1. The van der Waals surface area contributed by atoms with Gasteiger partial charge in [0.1, 0.15) is 5.76 Å². The van der Waals surface area contributed by atoms with Crippen molar-refractivity contribution in [1.82, 2.24) is 4.98 Å². The number of para-hydroxylation sites is 1. The molecule has 88 valence electrons. The summed E-state index contributed by atoms with van der Waals surface area (Å²) in [5.41, 5.74) is 1.15. The lowest BCUT2D eigenvalue weighted by atomic mass is 10.1. The van der Waals surface area contributed by atoms with E-state index in [1.165, 1.54) is 6.26 Å². The molecule has 18 heavy (non-hydrogen) atoms.